The van der Waals surface area contributed by atoms with Crippen molar-refractivity contribution >= 4 is 35.3 Å². The number of benzene rings is 3. The third-order valence-corrected chi connectivity index (χ3v) is 5.37. The van der Waals surface area contributed by atoms with Crippen LogP contribution < -0.4 is 30.3 Å². The Kier molecular flexibility index (Phi) is 11.4. The number of methoxy groups -OCH3 is 1. The van der Waals surface area contributed by atoms with Crippen molar-refractivity contribution in [1.82, 2.24) is 5.43 Å². The molecule has 3 rings (SSSR count). The molecule has 0 saturated heterocycles. The number of rotatable bonds is 14. The third-order valence-electron chi connectivity index (χ3n) is 5.37. The van der Waals surface area contributed by atoms with E-state index in [1.54, 1.807) is 49.4 Å². The first kappa shape index (κ1) is 30.4. The van der Waals surface area contributed by atoms with Crippen LogP contribution in [-0.4, -0.2) is 44.3 Å². The van der Waals surface area contributed by atoms with Gasteiger partial charge in [0.05, 0.1) is 19.9 Å². The molecule has 41 heavy (non-hydrogen) atoms. The first-order valence-electron chi connectivity index (χ1n) is 12.7. The van der Waals surface area contributed by atoms with Gasteiger partial charge in [0.25, 0.3) is 5.91 Å². The molecular weight excluding hydrogens is 531 g/mol. The summed E-state index contributed by atoms with van der Waals surface area (Å²) in [7, 11) is 1.52. The SMILES string of the molecule is C=CCc1cc(C=NNC(=O)CC(=O)Nc2cccc(OC)c2)cc(OCC)c1OCC(=O)Nc1ccc(F)cc1. The third kappa shape index (κ3) is 9.81. The van der Waals surface area contributed by atoms with E-state index in [2.05, 4.69) is 27.7 Å². The van der Waals surface area contributed by atoms with Crippen LogP contribution in [0.5, 0.6) is 17.2 Å². The number of halogens is 1. The predicted octanol–water partition coefficient (Wildman–Crippen LogP) is 4.46. The summed E-state index contributed by atoms with van der Waals surface area (Å²) in [6.45, 7) is 5.58. The number of carbonyl (C=O) groups is 3. The van der Waals surface area contributed by atoms with Gasteiger partial charge in [-0.05, 0) is 67.4 Å². The zero-order valence-electron chi connectivity index (χ0n) is 22.7. The Morgan fingerprint density at radius 2 is 1.71 bits per heavy atom. The maximum atomic E-state index is 13.1. The lowest BCUT2D eigenvalue weighted by atomic mass is 10.1. The summed E-state index contributed by atoms with van der Waals surface area (Å²) in [6, 6.07) is 15.5. The Hall–Kier alpha value is -5.19. The van der Waals surface area contributed by atoms with Crippen molar-refractivity contribution < 1.29 is 33.0 Å². The topological polar surface area (TPSA) is 127 Å². The summed E-state index contributed by atoms with van der Waals surface area (Å²) in [5.74, 6) is -0.666. The van der Waals surface area contributed by atoms with Gasteiger partial charge in [0.15, 0.2) is 18.1 Å². The summed E-state index contributed by atoms with van der Waals surface area (Å²) in [5, 5.41) is 9.21. The number of amides is 3. The maximum absolute atomic E-state index is 13.1. The Labute approximate surface area is 237 Å². The van der Waals surface area contributed by atoms with Crippen molar-refractivity contribution in [2.75, 3.05) is 31.0 Å². The van der Waals surface area contributed by atoms with Crippen LogP contribution in [0.2, 0.25) is 0 Å². The predicted molar refractivity (Wildman–Crippen MR) is 154 cm³/mol. The molecule has 11 heteroatoms. The summed E-state index contributed by atoms with van der Waals surface area (Å²) in [4.78, 5) is 36.8. The molecule has 0 saturated carbocycles. The van der Waals surface area contributed by atoms with Gasteiger partial charge < -0.3 is 24.8 Å². The molecule has 3 aromatic rings. The van der Waals surface area contributed by atoms with Gasteiger partial charge in [0.2, 0.25) is 11.8 Å². The molecule has 0 bridgehead atoms. The van der Waals surface area contributed by atoms with Crippen molar-refractivity contribution in [3.63, 3.8) is 0 Å². The van der Waals surface area contributed by atoms with Crippen LogP contribution in [0.25, 0.3) is 0 Å². The van der Waals surface area contributed by atoms with Crippen LogP contribution in [0.3, 0.4) is 0 Å². The molecule has 0 aromatic heterocycles. The van der Waals surface area contributed by atoms with Crippen LogP contribution in [0, 0.1) is 5.82 Å². The second-order valence-electron chi connectivity index (χ2n) is 8.53. The van der Waals surface area contributed by atoms with Gasteiger partial charge in [-0.3, -0.25) is 14.4 Å². The smallest absolute Gasteiger partial charge is 0.262 e. The minimum absolute atomic E-state index is 0.317. The second kappa shape index (κ2) is 15.4. The standard InChI is InChI=1S/C30H31FN4O6/c1-4-7-21-14-20(18-32-35-28(37)17-27(36)34-24-8-6-9-25(16-24)39-3)15-26(40-5-2)30(21)41-19-29(38)33-23-12-10-22(31)11-13-23/h4,6,8-16,18H,1,5,7,17,19H2,2-3H3,(H,33,38)(H,34,36)(H,35,37). The first-order chi connectivity index (χ1) is 19.8. The zero-order chi connectivity index (χ0) is 29.6. The van der Waals surface area contributed by atoms with Crippen LogP contribution in [-0.2, 0) is 20.8 Å². The molecule has 0 unspecified atom stereocenters. The molecule has 3 N–H and O–H groups in total. The highest BCUT2D eigenvalue weighted by Gasteiger charge is 2.15. The molecule has 0 spiro atoms. The molecule has 214 valence electrons. The molecule has 3 amide bonds. The summed E-state index contributed by atoms with van der Waals surface area (Å²) in [5.41, 5.74) is 4.51. The van der Waals surface area contributed by atoms with Gasteiger partial charge in [0, 0.05) is 23.0 Å². The lowest BCUT2D eigenvalue weighted by Crippen LogP contribution is -2.24. The number of carbonyl (C=O) groups excluding carboxylic acids is 3. The van der Waals surface area contributed by atoms with Gasteiger partial charge in [0.1, 0.15) is 18.0 Å². The molecule has 0 fully saturated rings. The molecule has 0 radical (unpaired) electrons. The zero-order valence-corrected chi connectivity index (χ0v) is 22.7. The number of hydrogen-bond donors (Lipinski definition) is 3. The molecule has 3 aromatic carbocycles. The highest BCUT2D eigenvalue weighted by atomic mass is 19.1. The number of nitrogens with zero attached hydrogens (tertiary/aromatic N) is 1. The van der Waals surface area contributed by atoms with Crippen molar-refractivity contribution in [1.29, 1.82) is 0 Å². The van der Waals surface area contributed by atoms with E-state index in [0.717, 1.165) is 0 Å². The summed E-state index contributed by atoms with van der Waals surface area (Å²) >= 11 is 0. The van der Waals surface area contributed by atoms with E-state index < -0.39 is 30.0 Å². The van der Waals surface area contributed by atoms with E-state index in [9.17, 15) is 18.8 Å². The van der Waals surface area contributed by atoms with Crippen LogP contribution >= 0.6 is 0 Å². The first-order valence-corrected chi connectivity index (χ1v) is 12.7. The summed E-state index contributed by atoms with van der Waals surface area (Å²) < 4.78 is 29.8. The Balaban J connectivity index is 1.63. The number of hydrazone groups is 1. The van der Waals surface area contributed by atoms with Gasteiger partial charge >= 0.3 is 0 Å². The fourth-order valence-electron chi connectivity index (χ4n) is 3.63. The molecule has 0 aliphatic carbocycles. The maximum Gasteiger partial charge on any atom is 0.262 e. The average Bonchev–Trinajstić information content (AvgIpc) is 2.94. The average molecular weight is 563 g/mol. The number of allylic oxidation sites excluding steroid dienone is 1. The minimum atomic E-state index is -0.606. The van der Waals surface area contributed by atoms with Gasteiger partial charge in [-0.2, -0.15) is 5.10 Å². The highest BCUT2D eigenvalue weighted by Crippen LogP contribution is 2.33. The minimum Gasteiger partial charge on any atom is -0.497 e. The van der Waals surface area contributed by atoms with Crippen LogP contribution in [0.1, 0.15) is 24.5 Å². The fraction of sp³-hybridized carbons (Fsp3) is 0.200. The van der Waals surface area contributed by atoms with E-state index >= 15 is 0 Å². The largest absolute Gasteiger partial charge is 0.497 e. The Morgan fingerprint density at radius 3 is 2.41 bits per heavy atom. The molecule has 0 aliphatic heterocycles. The van der Waals surface area contributed by atoms with Crippen molar-refractivity contribution in [2.24, 2.45) is 5.10 Å². The molecule has 0 aliphatic rings. The number of hydrogen-bond acceptors (Lipinski definition) is 7. The lowest BCUT2D eigenvalue weighted by Gasteiger charge is -2.16. The van der Waals surface area contributed by atoms with E-state index in [-0.39, 0.29) is 6.61 Å². The second-order valence-corrected chi connectivity index (χ2v) is 8.53. The van der Waals surface area contributed by atoms with E-state index in [1.807, 2.05) is 0 Å². The quantitative estimate of drug-likeness (QED) is 0.115. The number of nitrogens with one attached hydrogen (secondary N) is 3. The Morgan fingerprint density at radius 1 is 0.951 bits per heavy atom. The number of ether oxygens (including phenoxy) is 3. The lowest BCUT2D eigenvalue weighted by molar-refractivity contribution is -0.126. The van der Waals surface area contributed by atoms with Gasteiger partial charge in [-0.15, -0.1) is 6.58 Å². The summed E-state index contributed by atoms with van der Waals surface area (Å²) in [6.07, 6.45) is 3.03. The van der Waals surface area contributed by atoms with E-state index in [1.165, 1.54) is 37.6 Å². The van der Waals surface area contributed by atoms with Gasteiger partial charge in [-0.1, -0.05) is 12.1 Å². The van der Waals surface area contributed by atoms with E-state index in [0.29, 0.717) is 52.8 Å². The normalized spacial score (nSPS) is 10.5. The monoisotopic (exact) mass is 562 g/mol. The van der Waals surface area contributed by atoms with Crippen molar-refractivity contribution in [3.05, 3.63) is 90.3 Å². The Bertz CT molecular complexity index is 1410. The molecule has 0 atom stereocenters. The number of anilines is 2. The van der Waals surface area contributed by atoms with E-state index in [4.69, 9.17) is 14.2 Å². The highest BCUT2D eigenvalue weighted by molar-refractivity contribution is 6.03. The molecular formula is C30H31FN4O6. The molecule has 0 heterocycles. The van der Waals surface area contributed by atoms with Crippen LogP contribution in [0.4, 0.5) is 15.8 Å². The fourth-order valence-corrected chi connectivity index (χ4v) is 3.63. The van der Waals surface area contributed by atoms with Crippen molar-refractivity contribution in [2.45, 2.75) is 19.8 Å². The van der Waals surface area contributed by atoms with Crippen molar-refractivity contribution in [3.8, 4) is 17.2 Å². The molecule has 10 nitrogen and oxygen atoms in total. The van der Waals surface area contributed by atoms with Crippen LogP contribution in [0.15, 0.2) is 78.4 Å². The van der Waals surface area contributed by atoms with Gasteiger partial charge in [-0.25, -0.2) is 9.82 Å².